The van der Waals surface area contributed by atoms with E-state index in [9.17, 15) is 27.6 Å². The van der Waals surface area contributed by atoms with E-state index >= 15 is 0 Å². The number of fused-ring (bicyclic) bond motifs is 1. The number of hydrogen-bond acceptors (Lipinski definition) is 11. The first kappa shape index (κ1) is 39.9. The fraction of sp³-hybridized carbons (Fsp3) is 0.415. The Hall–Kier alpha value is -5.35. The quantitative estimate of drug-likeness (QED) is 0.157. The van der Waals surface area contributed by atoms with E-state index in [4.69, 9.17) is 19.4 Å². The van der Waals surface area contributed by atoms with Gasteiger partial charge in [-0.15, -0.1) is 17.9 Å². The molecule has 57 heavy (non-hydrogen) atoms. The second-order valence-corrected chi connectivity index (χ2v) is 18.5. The van der Waals surface area contributed by atoms with Gasteiger partial charge in [0.25, 0.3) is 15.9 Å². The summed E-state index contributed by atoms with van der Waals surface area (Å²) in [6, 6.07) is 16.3. The molecule has 2 aliphatic carbocycles. The second kappa shape index (κ2) is 15.9. The Morgan fingerprint density at radius 1 is 0.965 bits per heavy atom. The maximum absolute atomic E-state index is 14.7. The smallest absolute Gasteiger partial charge is 0.408 e. The molecule has 14 nitrogen and oxygen atoms in total. The summed E-state index contributed by atoms with van der Waals surface area (Å²) < 4.78 is 40.7. The van der Waals surface area contributed by atoms with Gasteiger partial charge in [-0.3, -0.25) is 14.4 Å². The van der Waals surface area contributed by atoms with E-state index in [-0.39, 0.29) is 36.3 Å². The minimum Gasteiger partial charge on any atom is -0.471 e. The molecule has 3 heterocycles. The highest BCUT2D eigenvalue weighted by molar-refractivity contribution is 7.90. The Labute approximate surface area is 335 Å². The fourth-order valence-corrected chi connectivity index (χ4v) is 9.27. The number of hydrogen-bond donors (Lipinski definition) is 3. The van der Waals surface area contributed by atoms with Crippen LogP contribution in [0, 0.1) is 11.3 Å². The zero-order valence-electron chi connectivity index (χ0n) is 32.0. The number of thiophene rings is 1. The maximum Gasteiger partial charge on any atom is 0.408 e. The molecule has 7 rings (SSSR count). The molecule has 2 aromatic carbocycles. The monoisotopic (exact) mass is 814 g/mol. The number of alkyl carbamates (subject to hydrolysis) is 1. The highest BCUT2D eigenvalue weighted by Crippen LogP contribution is 2.45. The van der Waals surface area contributed by atoms with E-state index in [1.54, 1.807) is 26.8 Å². The summed E-state index contributed by atoms with van der Waals surface area (Å²) in [6.45, 7) is 9.12. The largest absolute Gasteiger partial charge is 0.471 e. The third-order valence-electron chi connectivity index (χ3n) is 10.7. The number of sulfonamides is 1. The molecule has 300 valence electrons. The minimum atomic E-state index is -4.28. The SMILES string of the molecule is C=C[C@@H]1CC1(NC(=O)[C@@H]1C[C@@H](Oc2nc3ccccc3nc2-c2cccs2)CN1C(=O)[C@@H](NC(=O)OC1CCCC1)C(C)(C)C)C(=O)NS(=O)(=O)c1ccccc1. The van der Waals surface area contributed by atoms with Gasteiger partial charge in [0.05, 0.1) is 27.4 Å². The summed E-state index contributed by atoms with van der Waals surface area (Å²) in [5.41, 5.74) is -0.707. The molecule has 3 aliphatic rings. The first-order valence-corrected chi connectivity index (χ1v) is 21.4. The number of para-hydroxylation sites is 2. The third kappa shape index (κ3) is 8.52. The molecule has 2 saturated carbocycles. The van der Waals surface area contributed by atoms with Crippen molar-refractivity contribution in [1.82, 2.24) is 30.2 Å². The van der Waals surface area contributed by atoms with Gasteiger partial charge in [0, 0.05) is 12.3 Å². The van der Waals surface area contributed by atoms with E-state index < -0.39 is 68.9 Å². The van der Waals surface area contributed by atoms with Crippen molar-refractivity contribution in [1.29, 1.82) is 0 Å². The van der Waals surface area contributed by atoms with Crippen molar-refractivity contribution in [2.45, 2.75) is 94.0 Å². The number of nitrogens with zero attached hydrogens (tertiary/aromatic N) is 3. The van der Waals surface area contributed by atoms with Gasteiger partial charge in [-0.1, -0.05) is 63.2 Å². The van der Waals surface area contributed by atoms with Gasteiger partial charge in [0.1, 0.15) is 35.5 Å². The number of rotatable bonds is 12. The van der Waals surface area contributed by atoms with Crippen LogP contribution in [0.3, 0.4) is 0 Å². The predicted molar refractivity (Wildman–Crippen MR) is 213 cm³/mol. The summed E-state index contributed by atoms with van der Waals surface area (Å²) in [4.78, 5) is 67.9. The number of benzene rings is 2. The average Bonchev–Trinajstić information content (AvgIpc) is 3.66. The zero-order valence-corrected chi connectivity index (χ0v) is 33.6. The Morgan fingerprint density at radius 2 is 1.65 bits per heavy atom. The molecule has 1 saturated heterocycles. The molecule has 16 heteroatoms. The van der Waals surface area contributed by atoms with Crippen LogP contribution < -0.4 is 20.1 Å². The fourth-order valence-electron chi connectivity index (χ4n) is 7.51. The van der Waals surface area contributed by atoms with Crippen molar-refractivity contribution >= 4 is 56.2 Å². The van der Waals surface area contributed by atoms with Gasteiger partial charge in [0.2, 0.25) is 17.7 Å². The maximum atomic E-state index is 14.7. The van der Waals surface area contributed by atoms with Crippen molar-refractivity contribution in [3.63, 3.8) is 0 Å². The van der Waals surface area contributed by atoms with Crippen LogP contribution in [-0.2, 0) is 29.1 Å². The molecule has 3 fully saturated rings. The van der Waals surface area contributed by atoms with Crippen LogP contribution >= 0.6 is 11.3 Å². The Kier molecular flexibility index (Phi) is 11.1. The van der Waals surface area contributed by atoms with Gasteiger partial charge in [0.15, 0.2) is 0 Å². The van der Waals surface area contributed by atoms with Crippen LogP contribution in [0.15, 0.2) is 89.7 Å². The van der Waals surface area contributed by atoms with Crippen LogP contribution in [0.25, 0.3) is 21.6 Å². The number of likely N-dealkylation sites (tertiary alicyclic amines) is 1. The Morgan fingerprint density at radius 3 is 2.28 bits per heavy atom. The number of carbonyl (C=O) groups excluding carboxylic acids is 4. The molecule has 3 N–H and O–H groups in total. The van der Waals surface area contributed by atoms with Gasteiger partial charge < -0.3 is 25.0 Å². The van der Waals surface area contributed by atoms with E-state index in [1.807, 2.05) is 41.8 Å². The first-order chi connectivity index (χ1) is 27.2. The molecule has 0 radical (unpaired) electrons. The van der Waals surface area contributed by atoms with E-state index in [0.29, 0.717) is 16.7 Å². The summed E-state index contributed by atoms with van der Waals surface area (Å²) >= 11 is 1.46. The van der Waals surface area contributed by atoms with Gasteiger partial charge in [-0.25, -0.2) is 27.9 Å². The highest BCUT2D eigenvalue weighted by Gasteiger charge is 2.61. The van der Waals surface area contributed by atoms with Crippen LogP contribution in [-0.4, -0.2) is 83.5 Å². The van der Waals surface area contributed by atoms with Crippen LogP contribution in [0.4, 0.5) is 4.79 Å². The summed E-state index contributed by atoms with van der Waals surface area (Å²) in [5, 5.41) is 7.49. The van der Waals surface area contributed by atoms with E-state index in [0.717, 1.165) is 30.6 Å². The molecule has 4 aromatic rings. The standard InChI is InChI=1S/C41H46N6O8S2/c1-5-25-23-41(25,38(50)46-57(52,53)28-16-7-6-8-17-28)45-35(48)31-22-27(54-36-33(32-20-13-21-56-32)42-29-18-11-12-19-30(29)43-36)24-47(31)37(49)34(40(2,3)4)44-39(51)55-26-14-9-10-15-26/h5-8,11-13,16-21,25-27,31,34H,1,9-10,14-15,22-24H2,2-4H3,(H,44,51)(H,45,48)(H,46,50)/t25-,27-,31+,34-,41?/m1/s1. The van der Waals surface area contributed by atoms with Gasteiger partial charge in [-0.05, 0) is 73.2 Å². The summed E-state index contributed by atoms with van der Waals surface area (Å²) in [7, 11) is -4.28. The highest BCUT2D eigenvalue weighted by atomic mass is 32.2. The number of amides is 4. The number of carbonyl (C=O) groups is 4. The molecule has 0 spiro atoms. The number of nitrogens with one attached hydrogen (secondary N) is 3. The zero-order chi connectivity index (χ0) is 40.5. The molecule has 2 aromatic heterocycles. The van der Waals surface area contributed by atoms with E-state index in [2.05, 4.69) is 21.9 Å². The van der Waals surface area contributed by atoms with Crippen molar-refractivity contribution < 1.29 is 37.1 Å². The molecule has 0 bridgehead atoms. The predicted octanol–water partition coefficient (Wildman–Crippen LogP) is 5.36. The lowest BCUT2D eigenvalue weighted by molar-refractivity contribution is -0.143. The minimum absolute atomic E-state index is 0.0158. The van der Waals surface area contributed by atoms with Crippen molar-refractivity contribution in [3.05, 3.63) is 84.8 Å². The molecular weight excluding hydrogens is 769 g/mol. The van der Waals surface area contributed by atoms with Gasteiger partial charge in [-0.2, -0.15) is 0 Å². The average molecular weight is 815 g/mol. The molecule has 1 aliphatic heterocycles. The Balaban J connectivity index is 1.19. The number of aromatic nitrogens is 2. The first-order valence-electron chi connectivity index (χ1n) is 19.0. The molecule has 5 atom stereocenters. The van der Waals surface area contributed by atoms with Crippen molar-refractivity contribution in [3.8, 4) is 16.5 Å². The van der Waals surface area contributed by atoms with Crippen LogP contribution in [0.5, 0.6) is 5.88 Å². The summed E-state index contributed by atoms with van der Waals surface area (Å²) in [6.07, 6.45) is 3.21. The normalized spacial score (nSPS) is 22.7. The van der Waals surface area contributed by atoms with Crippen LogP contribution in [0.2, 0.25) is 0 Å². The van der Waals surface area contributed by atoms with Gasteiger partial charge >= 0.3 is 6.09 Å². The lowest BCUT2D eigenvalue weighted by Gasteiger charge is -2.35. The summed E-state index contributed by atoms with van der Waals surface area (Å²) in [5.74, 6) is -2.54. The lowest BCUT2D eigenvalue weighted by Crippen LogP contribution is -2.60. The lowest BCUT2D eigenvalue weighted by atomic mass is 9.85. The van der Waals surface area contributed by atoms with Crippen molar-refractivity contribution in [2.24, 2.45) is 11.3 Å². The van der Waals surface area contributed by atoms with Crippen molar-refractivity contribution in [2.75, 3.05) is 6.54 Å². The molecular formula is C41H46N6O8S2. The van der Waals surface area contributed by atoms with E-state index in [1.165, 1.54) is 46.6 Å². The Bertz CT molecular complexity index is 2270. The third-order valence-corrected chi connectivity index (χ3v) is 12.9. The molecule has 4 amide bonds. The second-order valence-electron chi connectivity index (χ2n) is 15.8. The van der Waals surface area contributed by atoms with Crippen LogP contribution in [0.1, 0.15) is 59.3 Å². The number of ether oxygens (including phenoxy) is 2. The molecule has 1 unspecified atom stereocenters. The topological polar surface area (TPSA) is 186 Å².